The van der Waals surface area contributed by atoms with Crippen LogP contribution in [0.3, 0.4) is 0 Å². The van der Waals surface area contributed by atoms with E-state index < -0.39 is 10.0 Å². The first-order valence-electron chi connectivity index (χ1n) is 7.50. The number of halogens is 1. The number of hydrogen-bond donors (Lipinski definition) is 0. The van der Waals surface area contributed by atoms with Crippen molar-refractivity contribution >= 4 is 27.3 Å². The van der Waals surface area contributed by atoms with Gasteiger partial charge in [-0.25, -0.2) is 13.4 Å². The molecule has 1 aliphatic rings. The summed E-state index contributed by atoms with van der Waals surface area (Å²) in [7, 11) is -3.67. The van der Waals surface area contributed by atoms with E-state index in [-0.39, 0.29) is 16.1 Å². The van der Waals surface area contributed by atoms with Crippen molar-refractivity contribution in [3.63, 3.8) is 0 Å². The van der Waals surface area contributed by atoms with Gasteiger partial charge in [0.1, 0.15) is 10.0 Å². The minimum absolute atomic E-state index is 0.132. The topological polar surface area (TPSA) is 80.5 Å². The highest BCUT2D eigenvalue weighted by Crippen LogP contribution is 2.35. The number of hydrogen-bond acceptors (Lipinski definition) is 5. The zero-order valence-electron chi connectivity index (χ0n) is 12.6. The molecule has 7 nitrogen and oxygen atoms in total. The Morgan fingerprint density at radius 3 is 2.83 bits per heavy atom. The minimum atomic E-state index is -3.67. The molecule has 0 amide bonds. The molecule has 4 rings (SSSR count). The van der Waals surface area contributed by atoms with Gasteiger partial charge in [0.25, 0.3) is 0 Å². The van der Waals surface area contributed by atoms with E-state index in [0.29, 0.717) is 24.4 Å². The Balaban J connectivity index is 1.76. The van der Waals surface area contributed by atoms with Gasteiger partial charge >= 0.3 is 0 Å². The van der Waals surface area contributed by atoms with E-state index in [0.717, 1.165) is 6.42 Å². The van der Waals surface area contributed by atoms with Crippen LogP contribution in [0.1, 0.15) is 24.7 Å². The van der Waals surface area contributed by atoms with Gasteiger partial charge in [-0.3, -0.25) is 4.40 Å². The fraction of sp³-hybridized carbons (Fsp3) is 0.267. The third-order valence-corrected chi connectivity index (χ3v) is 6.26. The van der Waals surface area contributed by atoms with Gasteiger partial charge in [-0.2, -0.15) is 4.31 Å². The van der Waals surface area contributed by atoms with E-state index in [4.69, 9.17) is 11.6 Å². The Kier molecular flexibility index (Phi) is 3.75. The van der Waals surface area contributed by atoms with Crippen LogP contribution in [-0.4, -0.2) is 38.8 Å². The second-order valence-electron chi connectivity index (χ2n) is 5.58. The molecule has 9 heteroatoms. The average molecular weight is 364 g/mol. The monoisotopic (exact) mass is 363 g/mol. The molecule has 124 valence electrons. The van der Waals surface area contributed by atoms with Crippen LogP contribution in [0.5, 0.6) is 0 Å². The van der Waals surface area contributed by atoms with Gasteiger partial charge in [0, 0.05) is 18.9 Å². The van der Waals surface area contributed by atoms with Gasteiger partial charge in [0.2, 0.25) is 10.0 Å². The second kappa shape index (κ2) is 5.80. The summed E-state index contributed by atoms with van der Waals surface area (Å²) in [5.74, 6) is 0.633. The summed E-state index contributed by atoms with van der Waals surface area (Å²) in [6, 6.07) is 8.19. The predicted octanol–water partition coefficient (Wildman–Crippen LogP) is 2.30. The van der Waals surface area contributed by atoms with E-state index in [1.54, 1.807) is 0 Å². The first-order valence-corrected chi connectivity index (χ1v) is 9.32. The Morgan fingerprint density at radius 1 is 1.17 bits per heavy atom. The molecule has 0 aromatic carbocycles. The van der Waals surface area contributed by atoms with Crippen LogP contribution in [0, 0.1) is 0 Å². The number of nitrogens with zero attached hydrogens (tertiary/aromatic N) is 5. The molecule has 3 aromatic heterocycles. The quantitative estimate of drug-likeness (QED) is 0.667. The van der Waals surface area contributed by atoms with Crippen molar-refractivity contribution in [1.82, 2.24) is 23.9 Å². The largest absolute Gasteiger partial charge is 0.285 e. The number of aromatic nitrogens is 4. The van der Waals surface area contributed by atoms with Crippen molar-refractivity contribution < 1.29 is 8.42 Å². The fourth-order valence-corrected chi connectivity index (χ4v) is 4.74. The summed E-state index contributed by atoms with van der Waals surface area (Å²) in [6.07, 6.45) is 4.61. The number of pyridine rings is 2. The maximum Gasteiger partial charge on any atom is 0.245 e. The highest BCUT2D eigenvalue weighted by Gasteiger charge is 2.38. The molecule has 4 heterocycles. The van der Waals surface area contributed by atoms with E-state index in [2.05, 4.69) is 15.2 Å². The van der Waals surface area contributed by atoms with Crippen LogP contribution in [0.25, 0.3) is 5.65 Å². The maximum absolute atomic E-state index is 13.0. The molecule has 0 spiro atoms. The van der Waals surface area contributed by atoms with E-state index in [9.17, 15) is 8.42 Å². The van der Waals surface area contributed by atoms with Crippen LogP contribution < -0.4 is 0 Å². The van der Waals surface area contributed by atoms with Crippen molar-refractivity contribution in [3.8, 4) is 0 Å². The number of rotatable bonds is 3. The molecule has 0 aliphatic carbocycles. The van der Waals surface area contributed by atoms with Crippen LogP contribution in [0.2, 0.25) is 5.15 Å². The lowest BCUT2D eigenvalue weighted by atomic mass is 10.2. The third kappa shape index (κ3) is 2.47. The highest BCUT2D eigenvalue weighted by molar-refractivity contribution is 7.89. The fourth-order valence-electron chi connectivity index (χ4n) is 3.02. The number of fused-ring (bicyclic) bond motifs is 1. The zero-order valence-corrected chi connectivity index (χ0v) is 14.2. The molecular formula is C15H14ClN5O2S. The summed E-state index contributed by atoms with van der Waals surface area (Å²) < 4.78 is 29.3. The first-order chi connectivity index (χ1) is 11.6. The molecule has 0 N–H and O–H groups in total. The maximum atomic E-state index is 13.0. The summed E-state index contributed by atoms with van der Waals surface area (Å²) in [6.45, 7) is 0.442. The summed E-state index contributed by atoms with van der Waals surface area (Å²) in [5.41, 5.74) is 0.699. The van der Waals surface area contributed by atoms with Crippen molar-refractivity contribution in [3.05, 3.63) is 53.7 Å². The van der Waals surface area contributed by atoms with Crippen molar-refractivity contribution in [2.75, 3.05) is 6.54 Å². The number of sulfonamides is 1. The molecule has 0 saturated carbocycles. The molecule has 0 radical (unpaired) electrons. The van der Waals surface area contributed by atoms with Crippen molar-refractivity contribution in [2.24, 2.45) is 0 Å². The standard InChI is InChI=1S/C15H14ClN5O2S/c16-13-7-6-11(10-17-13)24(22,23)21-9-3-4-12(21)15-19-18-14-5-1-2-8-20(14)15/h1-2,5-8,10,12H,3-4,9H2. The van der Waals surface area contributed by atoms with Gasteiger partial charge in [-0.15, -0.1) is 10.2 Å². The summed E-state index contributed by atoms with van der Waals surface area (Å²) in [4.78, 5) is 4.01. The van der Waals surface area contributed by atoms with Crippen molar-refractivity contribution in [1.29, 1.82) is 0 Å². The molecule has 1 atom stereocenters. The lowest BCUT2D eigenvalue weighted by Gasteiger charge is -2.22. The Bertz CT molecular complexity index is 987. The average Bonchev–Trinajstić information content (AvgIpc) is 3.22. The highest BCUT2D eigenvalue weighted by atomic mass is 35.5. The minimum Gasteiger partial charge on any atom is -0.285 e. The summed E-state index contributed by atoms with van der Waals surface area (Å²) >= 11 is 5.76. The van der Waals surface area contributed by atoms with Crippen LogP contribution in [0.4, 0.5) is 0 Å². The summed E-state index contributed by atoms with van der Waals surface area (Å²) in [5, 5.41) is 8.60. The molecule has 1 saturated heterocycles. The molecule has 1 unspecified atom stereocenters. The van der Waals surface area contributed by atoms with Gasteiger partial charge in [-0.1, -0.05) is 17.7 Å². The predicted molar refractivity (Wildman–Crippen MR) is 88.1 cm³/mol. The van der Waals surface area contributed by atoms with Crippen molar-refractivity contribution in [2.45, 2.75) is 23.8 Å². The van der Waals surface area contributed by atoms with E-state index in [1.165, 1.54) is 22.6 Å². The normalized spacial score (nSPS) is 19.1. The lowest BCUT2D eigenvalue weighted by Crippen LogP contribution is -2.31. The third-order valence-electron chi connectivity index (χ3n) is 4.15. The van der Waals surface area contributed by atoms with E-state index >= 15 is 0 Å². The van der Waals surface area contributed by atoms with Gasteiger partial charge in [0.15, 0.2) is 11.5 Å². The molecule has 3 aromatic rings. The second-order valence-corrected chi connectivity index (χ2v) is 7.86. The Labute approximate surface area is 144 Å². The molecular weight excluding hydrogens is 350 g/mol. The zero-order chi connectivity index (χ0) is 16.7. The van der Waals surface area contributed by atoms with E-state index in [1.807, 2.05) is 28.8 Å². The Hall–Kier alpha value is -2.03. The van der Waals surface area contributed by atoms with Crippen LogP contribution in [-0.2, 0) is 10.0 Å². The van der Waals surface area contributed by atoms with Gasteiger partial charge < -0.3 is 0 Å². The lowest BCUT2D eigenvalue weighted by molar-refractivity contribution is 0.381. The van der Waals surface area contributed by atoms with Gasteiger partial charge in [-0.05, 0) is 37.1 Å². The van der Waals surface area contributed by atoms with Crippen LogP contribution >= 0.6 is 11.6 Å². The Morgan fingerprint density at radius 2 is 2.04 bits per heavy atom. The molecule has 1 fully saturated rings. The van der Waals surface area contributed by atoms with Gasteiger partial charge in [0.05, 0.1) is 6.04 Å². The molecule has 1 aliphatic heterocycles. The first kappa shape index (κ1) is 15.5. The van der Waals surface area contributed by atoms with Crippen LogP contribution in [0.15, 0.2) is 47.6 Å². The smallest absolute Gasteiger partial charge is 0.245 e. The molecule has 0 bridgehead atoms. The SMILES string of the molecule is O=S(=O)(c1ccc(Cl)nc1)N1CCCC1c1nnc2ccccn12. The molecule has 24 heavy (non-hydrogen) atoms.